The molecule has 1 atom stereocenters. The van der Waals surface area contributed by atoms with Crippen LogP contribution in [-0.4, -0.2) is 24.5 Å². The van der Waals surface area contributed by atoms with Gasteiger partial charge in [-0.1, -0.05) is 6.42 Å². The van der Waals surface area contributed by atoms with Crippen LogP contribution in [0, 0.1) is 6.65 Å². The fraction of sp³-hybridized carbons (Fsp3) is 0.875. The Hall–Kier alpha value is -0.300. The monoisotopic (exact) mass is 141 g/mol. The fourth-order valence-corrected chi connectivity index (χ4v) is 1.24. The second-order valence-corrected chi connectivity index (χ2v) is 2.83. The predicted octanol–water partition coefficient (Wildman–Crippen LogP) is 1.45. The molecule has 1 saturated heterocycles. The number of rotatable bonds is 0. The van der Waals surface area contributed by atoms with E-state index in [-0.39, 0.29) is 0 Å². The average molecular weight is 141 g/mol. The van der Waals surface area contributed by atoms with Gasteiger partial charge in [0.1, 0.15) is 0 Å². The van der Waals surface area contributed by atoms with E-state index in [2.05, 4.69) is 25.5 Å². The number of hydrogen-bond donors (Lipinski definition) is 0. The van der Waals surface area contributed by atoms with Crippen LogP contribution in [0.3, 0.4) is 0 Å². The molecule has 0 aromatic rings. The molecule has 1 unspecified atom stereocenters. The summed E-state index contributed by atoms with van der Waals surface area (Å²) >= 11 is 0. The fourth-order valence-electron chi connectivity index (χ4n) is 1.24. The van der Waals surface area contributed by atoms with Gasteiger partial charge in [-0.3, -0.25) is 0 Å². The Labute approximate surface area is 62.9 Å². The molecule has 0 aromatic carbocycles. The van der Waals surface area contributed by atoms with Crippen LogP contribution in [0.15, 0.2) is 0 Å². The van der Waals surface area contributed by atoms with Gasteiger partial charge in [0.2, 0.25) is 0 Å². The van der Waals surface area contributed by atoms with Crippen LogP contribution < -0.4 is 0 Å². The quantitative estimate of drug-likeness (QED) is 0.370. The number of hydrogen-bond acceptors (Lipinski definition) is 1. The van der Waals surface area contributed by atoms with Crippen LogP contribution in [0.25, 0.3) is 0 Å². The minimum atomic E-state index is 0.837. The van der Waals surface area contributed by atoms with Crippen molar-refractivity contribution in [2.24, 2.45) is 0 Å². The van der Waals surface area contributed by atoms with E-state index in [0.717, 1.165) is 6.04 Å². The molecule has 0 N–H and O–H groups in total. The second kappa shape index (κ2) is 5.48. The van der Waals surface area contributed by atoms with E-state index in [9.17, 15) is 0 Å². The molecule has 1 heterocycles. The van der Waals surface area contributed by atoms with Crippen molar-refractivity contribution in [3.8, 4) is 0 Å². The Bertz CT molecular complexity index is 90.7. The van der Waals surface area contributed by atoms with Crippen molar-refractivity contribution >= 4 is 0 Å². The molecule has 0 bridgehead atoms. The average Bonchev–Trinajstić information content (AvgIpc) is 2.00. The van der Waals surface area contributed by atoms with Gasteiger partial charge in [-0.2, -0.15) is 0 Å². The normalized spacial score (nSPS) is 26.6. The van der Waals surface area contributed by atoms with Gasteiger partial charge in [-0.15, -0.1) is 0 Å². The Morgan fingerprint density at radius 2 is 2.00 bits per heavy atom. The van der Waals surface area contributed by atoms with E-state index in [0.29, 0.717) is 0 Å². The molecule has 2 nitrogen and oxygen atoms in total. The van der Waals surface area contributed by atoms with Gasteiger partial charge in [0.25, 0.3) is 0 Å². The Morgan fingerprint density at radius 3 is 2.30 bits per heavy atom. The van der Waals surface area contributed by atoms with E-state index < -0.39 is 0 Å². The zero-order valence-corrected chi connectivity index (χ0v) is 6.76. The van der Waals surface area contributed by atoms with E-state index in [4.69, 9.17) is 4.65 Å². The Morgan fingerprint density at radius 1 is 1.40 bits per heavy atom. The molecule has 1 fully saturated rings. The van der Waals surface area contributed by atoms with E-state index in [1.54, 1.807) is 0 Å². The van der Waals surface area contributed by atoms with Crippen LogP contribution in [0.5, 0.6) is 0 Å². The van der Waals surface area contributed by atoms with Crippen molar-refractivity contribution in [2.45, 2.75) is 32.2 Å². The summed E-state index contributed by atoms with van der Waals surface area (Å²) in [5.41, 5.74) is 0. The number of likely N-dealkylation sites (tertiary alicyclic amines) is 1. The zero-order chi connectivity index (χ0) is 7.98. The molecule has 0 amide bonds. The molecular weight excluding hydrogens is 126 g/mol. The van der Waals surface area contributed by atoms with Crippen LogP contribution in [0.4, 0.5) is 0 Å². The zero-order valence-electron chi connectivity index (χ0n) is 6.76. The third kappa shape index (κ3) is 3.02. The van der Waals surface area contributed by atoms with Crippen LogP contribution >= 0.6 is 0 Å². The van der Waals surface area contributed by atoms with Crippen LogP contribution in [0.2, 0.25) is 0 Å². The molecule has 0 saturated carbocycles. The Kier molecular flexibility index (Phi) is 5.32. The van der Waals surface area contributed by atoms with Gasteiger partial charge in [-0.25, -0.2) is 0 Å². The van der Waals surface area contributed by atoms with E-state index in [1.807, 2.05) is 0 Å². The van der Waals surface area contributed by atoms with Crippen molar-refractivity contribution in [1.82, 2.24) is 4.90 Å². The summed E-state index contributed by atoms with van der Waals surface area (Å²) < 4.78 is 7.50. The van der Waals surface area contributed by atoms with E-state index >= 15 is 0 Å². The molecule has 1 aliphatic heterocycles. The van der Waals surface area contributed by atoms with E-state index in [1.165, 1.54) is 25.8 Å². The van der Waals surface area contributed by atoms with Gasteiger partial charge >= 0.3 is 11.3 Å². The first-order valence-corrected chi connectivity index (χ1v) is 3.71. The van der Waals surface area contributed by atoms with Crippen molar-refractivity contribution in [1.29, 1.82) is 0 Å². The summed E-state index contributed by atoms with van der Waals surface area (Å²) in [6.07, 6.45) is 4.24. The van der Waals surface area contributed by atoms with Gasteiger partial charge in [0.15, 0.2) is 0 Å². The first-order valence-electron chi connectivity index (χ1n) is 3.71. The predicted molar refractivity (Wildman–Crippen MR) is 39.9 cm³/mol. The topological polar surface area (TPSA) is 23.1 Å². The summed E-state index contributed by atoms with van der Waals surface area (Å²) in [5, 5.41) is 0. The molecule has 0 radical (unpaired) electrons. The molecule has 10 heavy (non-hydrogen) atoms. The van der Waals surface area contributed by atoms with Crippen molar-refractivity contribution in [3.05, 3.63) is 6.65 Å². The second-order valence-electron chi connectivity index (χ2n) is 2.83. The van der Waals surface area contributed by atoms with Crippen molar-refractivity contribution < 1.29 is 4.65 Å². The summed E-state index contributed by atoms with van der Waals surface area (Å²) in [7, 11) is 2.21. The first kappa shape index (κ1) is 9.70. The molecule has 0 aliphatic carbocycles. The van der Waals surface area contributed by atoms with Gasteiger partial charge < -0.3 is 4.90 Å². The number of nitrogens with zero attached hydrogens (tertiary/aromatic N) is 1. The third-order valence-electron chi connectivity index (χ3n) is 2.14. The van der Waals surface area contributed by atoms with Gasteiger partial charge in [0, 0.05) is 6.04 Å². The molecule has 0 spiro atoms. The van der Waals surface area contributed by atoms with Crippen molar-refractivity contribution in [3.63, 3.8) is 0 Å². The molecule has 0 aromatic heterocycles. The summed E-state index contributed by atoms with van der Waals surface area (Å²) in [6.45, 7) is 8.11. The molecular formula is C8H15NO. The Balaban J connectivity index is 0.000000371. The van der Waals surface area contributed by atoms with Crippen LogP contribution in [0.1, 0.15) is 26.2 Å². The first-order chi connectivity index (χ1) is 4.80. The third-order valence-corrected chi connectivity index (χ3v) is 2.14. The molecule has 58 valence electrons. The molecule has 1 aliphatic rings. The minimum absolute atomic E-state index is 0.837. The number of piperidine rings is 1. The summed E-state index contributed by atoms with van der Waals surface area (Å²) in [4.78, 5) is 2.43. The SMILES string of the molecule is CC1CCCCN1C.[C-]#[O+]. The van der Waals surface area contributed by atoms with Gasteiger partial charge in [-0.05, 0) is 33.4 Å². The summed E-state index contributed by atoms with van der Waals surface area (Å²) in [6, 6.07) is 0.837. The van der Waals surface area contributed by atoms with Crippen LogP contribution in [-0.2, 0) is 4.65 Å². The molecule has 1 rings (SSSR count). The maximum absolute atomic E-state index is 7.50. The molecule has 2 heteroatoms. The summed E-state index contributed by atoms with van der Waals surface area (Å²) in [5.74, 6) is 0. The van der Waals surface area contributed by atoms with Gasteiger partial charge in [0.05, 0.1) is 0 Å². The maximum atomic E-state index is 7.50. The standard InChI is InChI=1S/C7H15N.CO/c1-7-5-3-4-6-8(7)2;1-2/h7H,3-6H2,1-2H3;. The van der Waals surface area contributed by atoms with Crippen molar-refractivity contribution in [2.75, 3.05) is 13.6 Å².